The van der Waals surface area contributed by atoms with Gasteiger partial charge in [-0.25, -0.2) is 0 Å². The molecule has 0 N–H and O–H groups in total. The highest BCUT2D eigenvalue weighted by Gasteiger charge is 2.22. The number of hydrogen-bond acceptors (Lipinski definition) is 3. The van der Waals surface area contributed by atoms with Crippen molar-refractivity contribution in [2.75, 3.05) is 13.1 Å². The summed E-state index contributed by atoms with van der Waals surface area (Å²) in [6.45, 7) is 1.72. The van der Waals surface area contributed by atoms with Gasteiger partial charge in [-0.05, 0) is 18.6 Å². The summed E-state index contributed by atoms with van der Waals surface area (Å²) in [6, 6.07) is 5.44. The minimum absolute atomic E-state index is 0.0674. The Hall–Kier alpha value is -1.34. The number of nitriles is 1. The summed E-state index contributed by atoms with van der Waals surface area (Å²) < 4.78 is 0. The van der Waals surface area contributed by atoms with Gasteiger partial charge >= 0.3 is 0 Å². The van der Waals surface area contributed by atoms with Crippen molar-refractivity contribution in [3.05, 3.63) is 21.9 Å². The molecular formula is C9H8N2OS. The van der Waals surface area contributed by atoms with E-state index >= 15 is 0 Å². The molecule has 3 nitrogen and oxygen atoms in total. The molecule has 0 spiro atoms. The largest absolute Gasteiger partial charge is 0.338 e. The van der Waals surface area contributed by atoms with E-state index in [1.165, 1.54) is 11.3 Å². The molecule has 2 rings (SSSR count). The SMILES string of the molecule is N#Cc1ccc(C(=O)N2CCC2)s1. The highest BCUT2D eigenvalue weighted by atomic mass is 32.1. The maximum Gasteiger partial charge on any atom is 0.263 e. The van der Waals surface area contributed by atoms with Gasteiger partial charge in [0, 0.05) is 13.1 Å². The first-order valence-corrected chi connectivity index (χ1v) is 4.92. The van der Waals surface area contributed by atoms with Gasteiger partial charge in [0.05, 0.1) is 4.88 Å². The first-order valence-electron chi connectivity index (χ1n) is 4.10. The lowest BCUT2D eigenvalue weighted by atomic mass is 10.2. The molecule has 0 bridgehead atoms. The van der Waals surface area contributed by atoms with Gasteiger partial charge in [-0.3, -0.25) is 4.79 Å². The standard InChI is InChI=1S/C9H8N2OS/c10-6-7-2-3-8(13-7)9(12)11-4-1-5-11/h2-3H,1,4-5H2. The van der Waals surface area contributed by atoms with Crippen LogP contribution in [0.3, 0.4) is 0 Å². The fourth-order valence-electron chi connectivity index (χ4n) is 1.19. The Morgan fingerprint density at radius 1 is 1.54 bits per heavy atom. The number of carbonyl (C=O) groups excluding carboxylic acids is 1. The van der Waals surface area contributed by atoms with E-state index in [9.17, 15) is 4.79 Å². The Bertz CT molecular complexity index is 373. The van der Waals surface area contributed by atoms with E-state index < -0.39 is 0 Å². The quantitative estimate of drug-likeness (QED) is 0.676. The molecule has 0 aromatic carbocycles. The molecule has 1 aromatic rings. The molecule has 4 heteroatoms. The molecular weight excluding hydrogens is 184 g/mol. The Labute approximate surface area is 80.2 Å². The maximum absolute atomic E-state index is 11.6. The van der Waals surface area contributed by atoms with E-state index in [4.69, 9.17) is 5.26 Å². The average molecular weight is 192 g/mol. The molecule has 66 valence electrons. The van der Waals surface area contributed by atoms with Gasteiger partial charge in [-0.2, -0.15) is 5.26 Å². The molecule has 0 atom stereocenters. The fraction of sp³-hybridized carbons (Fsp3) is 0.333. The summed E-state index contributed by atoms with van der Waals surface area (Å²) >= 11 is 1.27. The molecule has 0 aliphatic carbocycles. The molecule has 0 unspecified atom stereocenters. The summed E-state index contributed by atoms with van der Waals surface area (Å²) in [4.78, 5) is 14.7. The molecule has 13 heavy (non-hydrogen) atoms. The van der Waals surface area contributed by atoms with Gasteiger partial charge in [0.1, 0.15) is 10.9 Å². The fourth-order valence-corrected chi connectivity index (χ4v) is 1.96. The summed E-state index contributed by atoms with van der Waals surface area (Å²) in [5.41, 5.74) is 0. The van der Waals surface area contributed by atoms with Crippen molar-refractivity contribution < 1.29 is 4.79 Å². The van der Waals surface area contributed by atoms with Gasteiger partial charge in [0.15, 0.2) is 0 Å². The lowest BCUT2D eigenvalue weighted by Crippen LogP contribution is -2.41. The number of amides is 1. The molecule has 1 aliphatic rings. The lowest BCUT2D eigenvalue weighted by Gasteiger charge is -2.30. The van der Waals surface area contributed by atoms with Gasteiger partial charge in [-0.1, -0.05) is 0 Å². The molecule has 1 aliphatic heterocycles. The van der Waals surface area contributed by atoms with Crippen LogP contribution in [-0.4, -0.2) is 23.9 Å². The molecule has 0 saturated carbocycles. The Morgan fingerprint density at radius 2 is 2.31 bits per heavy atom. The maximum atomic E-state index is 11.6. The van der Waals surface area contributed by atoms with Crippen LogP contribution in [0.4, 0.5) is 0 Å². The molecule has 0 radical (unpaired) electrons. The average Bonchev–Trinajstić information content (AvgIpc) is 2.48. The Morgan fingerprint density at radius 3 is 2.77 bits per heavy atom. The summed E-state index contributed by atoms with van der Waals surface area (Å²) in [5, 5.41) is 8.58. The van der Waals surface area contributed by atoms with Crippen molar-refractivity contribution in [3.63, 3.8) is 0 Å². The van der Waals surface area contributed by atoms with Crippen LogP contribution in [0.25, 0.3) is 0 Å². The zero-order valence-electron chi connectivity index (χ0n) is 6.99. The van der Waals surface area contributed by atoms with Crippen molar-refractivity contribution >= 4 is 17.2 Å². The van der Waals surface area contributed by atoms with Crippen molar-refractivity contribution in [2.45, 2.75) is 6.42 Å². The van der Waals surface area contributed by atoms with Crippen molar-refractivity contribution in [1.82, 2.24) is 4.90 Å². The minimum Gasteiger partial charge on any atom is -0.338 e. The monoisotopic (exact) mass is 192 g/mol. The van der Waals surface area contributed by atoms with Crippen molar-refractivity contribution in [2.24, 2.45) is 0 Å². The summed E-state index contributed by atoms with van der Waals surface area (Å²) in [7, 11) is 0. The number of nitrogens with zero attached hydrogens (tertiary/aromatic N) is 2. The Balaban J connectivity index is 2.16. The zero-order chi connectivity index (χ0) is 9.26. The zero-order valence-corrected chi connectivity index (χ0v) is 7.80. The highest BCUT2D eigenvalue weighted by molar-refractivity contribution is 7.14. The first kappa shape index (κ1) is 8.27. The number of carbonyl (C=O) groups is 1. The molecule has 1 fully saturated rings. The summed E-state index contributed by atoms with van der Waals surface area (Å²) in [6.07, 6.45) is 1.10. The number of thiophene rings is 1. The smallest absolute Gasteiger partial charge is 0.263 e. The molecule has 1 aromatic heterocycles. The second-order valence-corrected chi connectivity index (χ2v) is 4.01. The summed E-state index contributed by atoms with van der Waals surface area (Å²) in [5.74, 6) is 0.0674. The van der Waals surface area contributed by atoms with Crippen LogP contribution in [0.2, 0.25) is 0 Å². The van der Waals surface area contributed by atoms with Gasteiger partial charge in [0.25, 0.3) is 5.91 Å². The van der Waals surface area contributed by atoms with Gasteiger partial charge in [-0.15, -0.1) is 11.3 Å². The van der Waals surface area contributed by atoms with Crippen LogP contribution in [0, 0.1) is 11.3 Å². The third-order valence-corrected chi connectivity index (χ3v) is 3.05. The van der Waals surface area contributed by atoms with Crippen LogP contribution >= 0.6 is 11.3 Å². The third kappa shape index (κ3) is 1.43. The van der Waals surface area contributed by atoms with Crippen LogP contribution in [0.1, 0.15) is 21.0 Å². The van der Waals surface area contributed by atoms with E-state index in [2.05, 4.69) is 0 Å². The first-order chi connectivity index (χ1) is 6.31. The van der Waals surface area contributed by atoms with Crippen molar-refractivity contribution in [3.8, 4) is 6.07 Å². The predicted molar refractivity (Wildman–Crippen MR) is 49.6 cm³/mol. The van der Waals surface area contributed by atoms with Crippen LogP contribution in [-0.2, 0) is 0 Å². The van der Waals surface area contributed by atoms with Crippen LogP contribution < -0.4 is 0 Å². The highest BCUT2D eigenvalue weighted by Crippen LogP contribution is 2.19. The van der Waals surface area contributed by atoms with E-state index in [-0.39, 0.29) is 5.91 Å². The van der Waals surface area contributed by atoms with Gasteiger partial charge in [0.2, 0.25) is 0 Å². The van der Waals surface area contributed by atoms with Crippen LogP contribution in [0.15, 0.2) is 12.1 Å². The van der Waals surface area contributed by atoms with Crippen molar-refractivity contribution in [1.29, 1.82) is 5.26 Å². The second-order valence-electron chi connectivity index (χ2n) is 2.92. The second kappa shape index (κ2) is 3.19. The topological polar surface area (TPSA) is 44.1 Å². The molecule has 2 heterocycles. The van der Waals surface area contributed by atoms with E-state index in [1.807, 2.05) is 6.07 Å². The van der Waals surface area contributed by atoms with E-state index in [0.717, 1.165) is 19.5 Å². The Kier molecular flexibility index (Phi) is 2.03. The lowest BCUT2D eigenvalue weighted by molar-refractivity contribution is 0.0657. The number of hydrogen-bond donors (Lipinski definition) is 0. The number of likely N-dealkylation sites (tertiary alicyclic amines) is 1. The minimum atomic E-state index is 0.0674. The van der Waals surface area contributed by atoms with Crippen LogP contribution in [0.5, 0.6) is 0 Å². The van der Waals surface area contributed by atoms with E-state index in [1.54, 1.807) is 17.0 Å². The van der Waals surface area contributed by atoms with E-state index in [0.29, 0.717) is 9.75 Å². The normalized spacial score (nSPS) is 14.8. The molecule has 1 saturated heterocycles. The third-order valence-electron chi connectivity index (χ3n) is 2.07. The molecule has 1 amide bonds. The predicted octanol–water partition coefficient (Wildman–Crippen LogP) is 1.47. The number of rotatable bonds is 1. The van der Waals surface area contributed by atoms with Gasteiger partial charge < -0.3 is 4.90 Å².